The highest BCUT2D eigenvalue weighted by Crippen LogP contribution is 2.44. The topological polar surface area (TPSA) is 84.5 Å². The molecule has 1 amide bonds. The average molecular weight is 409 g/mol. The van der Waals surface area contributed by atoms with E-state index in [1.165, 1.54) is 25.7 Å². The molecule has 0 unspecified atom stereocenters. The molecule has 0 spiro atoms. The lowest BCUT2D eigenvalue weighted by Crippen LogP contribution is -2.53. The van der Waals surface area contributed by atoms with Gasteiger partial charge in [-0.2, -0.15) is 4.98 Å². The number of pyridine rings is 1. The molecule has 3 fully saturated rings. The Kier molecular flexibility index (Phi) is 4.30. The van der Waals surface area contributed by atoms with E-state index in [9.17, 15) is 9.59 Å². The number of carbonyl (C=O) groups is 1. The standard InChI is InChI=1S/C22H27N5O3/c28-20-6-2-5-18-16-7-17(9-25(8-16)12-19-23-13-30-24-19)21(27(18)20)22(29)26-10-14-3-1-4-15(14)11-26/h2,5-6,13-17,21H,1,3-4,7-12H2/t14-,15+,16-,17+,21+/m0/s1. The van der Waals surface area contributed by atoms with Crippen LogP contribution >= 0.6 is 0 Å². The summed E-state index contributed by atoms with van der Waals surface area (Å²) in [6.45, 7) is 3.93. The number of aromatic nitrogens is 3. The number of hydrogen-bond acceptors (Lipinski definition) is 6. The SMILES string of the molecule is O=C([C@H]1[C@@H]2C[C@@H](CN(Cc3ncon3)C2)c2cccc(=O)n21)N1C[C@H]2CCC[C@H]2C1. The van der Waals surface area contributed by atoms with Crippen molar-refractivity contribution in [3.63, 3.8) is 0 Å². The average Bonchev–Trinajstić information content (AvgIpc) is 3.46. The van der Waals surface area contributed by atoms with Crippen molar-refractivity contribution >= 4 is 5.91 Å². The molecular weight excluding hydrogens is 382 g/mol. The van der Waals surface area contributed by atoms with Crippen LogP contribution in [0.5, 0.6) is 0 Å². The summed E-state index contributed by atoms with van der Waals surface area (Å²) in [5.74, 6) is 2.47. The first-order valence-corrected chi connectivity index (χ1v) is 11.1. The molecule has 0 radical (unpaired) electrons. The van der Waals surface area contributed by atoms with Gasteiger partial charge in [-0.05, 0) is 37.2 Å². The van der Waals surface area contributed by atoms with Crippen LogP contribution in [-0.4, -0.2) is 56.6 Å². The number of amides is 1. The molecule has 2 aromatic heterocycles. The molecule has 8 heteroatoms. The van der Waals surface area contributed by atoms with Crippen molar-refractivity contribution < 1.29 is 9.32 Å². The first kappa shape index (κ1) is 18.3. The Bertz CT molecular complexity index is 990. The highest BCUT2D eigenvalue weighted by atomic mass is 16.5. The molecule has 2 bridgehead atoms. The van der Waals surface area contributed by atoms with Crippen molar-refractivity contribution in [1.29, 1.82) is 0 Å². The molecule has 1 aliphatic carbocycles. The van der Waals surface area contributed by atoms with Gasteiger partial charge in [-0.1, -0.05) is 17.6 Å². The monoisotopic (exact) mass is 409 g/mol. The van der Waals surface area contributed by atoms with Crippen LogP contribution in [0.1, 0.15) is 49.2 Å². The number of nitrogens with zero attached hydrogens (tertiary/aromatic N) is 5. The smallest absolute Gasteiger partial charge is 0.251 e. The summed E-state index contributed by atoms with van der Waals surface area (Å²) in [4.78, 5) is 35.2. The molecule has 1 saturated carbocycles. The number of fused-ring (bicyclic) bond motifs is 5. The zero-order chi connectivity index (χ0) is 20.2. The lowest BCUT2D eigenvalue weighted by molar-refractivity contribution is -0.137. The van der Waals surface area contributed by atoms with Crippen LogP contribution in [0.2, 0.25) is 0 Å². The Balaban J connectivity index is 1.33. The summed E-state index contributed by atoms with van der Waals surface area (Å²) < 4.78 is 6.71. The molecule has 30 heavy (non-hydrogen) atoms. The van der Waals surface area contributed by atoms with E-state index in [1.54, 1.807) is 6.07 Å². The van der Waals surface area contributed by atoms with Crippen LogP contribution < -0.4 is 5.56 Å². The lowest BCUT2D eigenvalue weighted by atomic mass is 9.78. The van der Waals surface area contributed by atoms with Gasteiger partial charge in [-0.15, -0.1) is 0 Å². The van der Waals surface area contributed by atoms with Crippen molar-refractivity contribution in [2.24, 2.45) is 17.8 Å². The van der Waals surface area contributed by atoms with E-state index in [0.29, 0.717) is 24.2 Å². The molecule has 0 aromatic carbocycles. The summed E-state index contributed by atoms with van der Waals surface area (Å²) >= 11 is 0. The number of piperidine rings is 1. The van der Waals surface area contributed by atoms with Crippen molar-refractivity contribution in [3.05, 3.63) is 46.5 Å². The van der Waals surface area contributed by atoms with E-state index in [4.69, 9.17) is 4.52 Å². The number of rotatable bonds is 3. The Hall–Kier alpha value is -2.48. The predicted molar refractivity (Wildman–Crippen MR) is 108 cm³/mol. The van der Waals surface area contributed by atoms with Gasteiger partial charge >= 0.3 is 0 Å². The van der Waals surface area contributed by atoms with Crippen LogP contribution in [0.25, 0.3) is 0 Å². The highest BCUT2D eigenvalue weighted by Gasteiger charge is 2.47. The number of likely N-dealkylation sites (tertiary alicyclic amines) is 2. The molecule has 3 aliphatic heterocycles. The first-order valence-electron chi connectivity index (χ1n) is 11.1. The van der Waals surface area contributed by atoms with Crippen molar-refractivity contribution in [3.8, 4) is 0 Å². The zero-order valence-electron chi connectivity index (χ0n) is 17.0. The number of carbonyl (C=O) groups excluding carboxylic acids is 1. The van der Waals surface area contributed by atoms with Gasteiger partial charge in [0.05, 0.1) is 6.54 Å². The molecule has 0 N–H and O–H groups in total. The molecule has 2 aromatic rings. The summed E-state index contributed by atoms with van der Waals surface area (Å²) in [5, 5.41) is 3.95. The largest absolute Gasteiger partial charge is 0.343 e. The maximum atomic E-state index is 13.8. The Morgan fingerprint density at radius 2 is 1.93 bits per heavy atom. The second-order valence-corrected chi connectivity index (χ2v) is 9.53. The van der Waals surface area contributed by atoms with Gasteiger partial charge in [0, 0.05) is 49.8 Å². The fraction of sp³-hybridized carbons (Fsp3) is 0.636. The highest BCUT2D eigenvalue weighted by molar-refractivity contribution is 5.81. The zero-order valence-corrected chi connectivity index (χ0v) is 17.0. The fourth-order valence-corrected chi connectivity index (χ4v) is 6.54. The molecule has 158 valence electrons. The summed E-state index contributed by atoms with van der Waals surface area (Å²) in [6.07, 6.45) is 6.06. The van der Waals surface area contributed by atoms with Crippen molar-refractivity contribution in [2.45, 2.75) is 44.2 Å². The Labute approximate surface area is 174 Å². The molecule has 2 saturated heterocycles. The van der Waals surface area contributed by atoms with E-state index in [0.717, 1.165) is 38.3 Å². The Morgan fingerprint density at radius 1 is 1.10 bits per heavy atom. The second kappa shape index (κ2) is 7.04. The minimum absolute atomic E-state index is 0.0495. The fourth-order valence-electron chi connectivity index (χ4n) is 6.54. The van der Waals surface area contributed by atoms with E-state index < -0.39 is 6.04 Å². The van der Waals surface area contributed by atoms with Crippen molar-refractivity contribution in [1.82, 2.24) is 24.5 Å². The maximum Gasteiger partial charge on any atom is 0.251 e. The van der Waals surface area contributed by atoms with Gasteiger partial charge in [0.25, 0.3) is 5.56 Å². The molecule has 5 heterocycles. The van der Waals surface area contributed by atoms with Crippen LogP contribution in [0, 0.1) is 17.8 Å². The van der Waals surface area contributed by atoms with Gasteiger partial charge in [0.2, 0.25) is 12.3 Å². The van der Waals surface area contributed by atoms with E-state index in [2.05, 4.69) is 19.9 Å². The van der Waals surface area contributed by atoms with Crippen LogP contribution in [0.3, 0.4) is 0 Å². The summed E-state index contributed by atoms with van der Waals surface area (Å²) in [6, 6.07) is 5.05. The molecular formula is C22H27N5O3. The minimum Gasteiger partial charge on any atom is -0.343 e. The van der Waals surface area contributed by atoms with Gasteiger partial charge in [0.15, 0.2) is 5.82 Å². The van der Waals surface area contributed by atoms with E-state index in [-0.39, 0.29) is 23.3 Å². The third kappa shape index (κ3) is 2.92. The first-order chi connectivity index (χ1) is 14.7. The maximum absolute atomic E-state index is 13.8. The predicted octanol–water partition coefficient (Wildman–Crippen LogP) is 1.65. The number of hydrogen-bond donors (Lipinski definition) is 0. The van der Waals surface area contributed by atoms with Gasteiger partial charge in [0.1, 0.15) is 6.04 Å². The minimum atomic E-state index is -0.406. The molecule has 8 nitrogen and oxygen atoms in total. The van der Waals surface area contributed by atoms with Crippen molar-refractivity contribution in [2.75, 3.05) is 26.2 Å². The third-order valence-electron chi connectivity index (χ3n) is 7.79. The van der Waals surface area contributed by atoms with Crippen LogP contribution in [0.4, 0.5) is 0 Å². The van der Waals surface area contributed by atoms with Gasteiger partial charge in [-0.3, -0.25) is 19.1 Å². The lowest BCUT2D eigenvalue weighted by Gasteiger charge is -2.46. The molecule has 4 aliphatic rings. The Morgan fingerprint density at radius 3 is 2.70 bits per heavy atom. The molecule has 5 atom stereocenters. The van der Waals surface area contributed by atoms with Crippen LogP contribution in [0.15, 0.2) is 33.9 Å². The molecule has 6 rings (SSSR count). The second-order valence-electron chi connectivity index (χ2n) is 9.53. The normalized spacial score (nSPS) is 32.8. The summed E-state index contributed by atoms with van der Waals surface area (Å²) in [7, 11) is 0. The van der Waals surface area contributed by atoms with Gasteiger partial charge in [-0.25, -0.2) is 0 Å². The summed E-state index contributed by atoms with van der Waals surface area (Å²) in [5.41, 5.74) is 0.945. The van der Waals surface area contributed by atoms with E-state index >= 15 is 0 Å². The van der Waals surface area contributed by atoms with Gasteiger partial charge < -0.3 is 9.42 Å². The van der Waals surface area contributed by atoms with E-state index in [1.807, 2.05) is 16.7 Å². The van der Waals surface area contributed by atoms with Crippen LogP contribution in [-0.2, 0) is 11.3 Å². The quantitative estimate of drug-likeness (QED) is 0.766. The third-order valence-corrected chi connectivity index (χ3v) is 7.79.